The number of aromatic nitrogens is 3. The van der Waals surface area contributed by atoms with Gasteiger partial charge in [0.15, 0.2) is 0 Å². The van der Waals surface area contributed by atoms with Gasteiger partial charge in [-0.2, -0.15) is 0 Å². The third-order valence-electron chi connectivity index (χ3n) is 2.61. The van der Waals surface area contributed by atoms with Gasteiger partial charge in [-0.3, -0.25) is 0 Å². The van der Waals surface area contributed by atoms with E-state index in [9.17, 15) is 0 Å². The zero-order chi connectivity index (χ0) is 14.0. The van der Waals surface area contributed by atoms with Crippen molar-refractivity contribution in [1.29, 1.82) is 0 Å². The highest BCUT2D eigenvalue weighted by Crippen LogP contribution is 2.26. The molecule has 0 saturated heterocycles. The number of nitrogens with zero attached hydrogens (tertiary/aromatic N) is 3. The van der Waals surface area contributed by atoms with E-state index >= 15 is 0 Å². The quantitative estimate of drug-likeness (QED) is 0.788. The lowest BCUT2D eigenvalue weighted by molar-refractivity contribution is 0.398. The van der Waals surface area contributed by atoms with Crippen LogP contribution >= 0.6 is 11.6 Å². The molecule has 0 atom stereocenters. The number of hydrogen-bond acceptors (Lipinski definition) is 4. The van der Waals surface area contributed by atoms with Crippen LogP contribution < -0.4 is 4.74 Å². The van der Waals surface area contributed by atoms with Gasteiger partial charge in [-0.15, -0.1) is 0 Å². The minimum Gasteiger partial charge on any atom is -0.481 e. The molecule has 0 N–H and O–H groups in total. The molecule has 0 aliphatic rings. The molecule has 0 spiro atoms. The van der Waals surface area contributed by atoms with Crippen molar-refractivity contribution in [1.82, 2.24) is 15.0 Å². The summed E-state index contributed by atoms with van der Waals surface area (Å²) in [5.74, 6) is 1.26. The molecular weight excluding hydrogens is 262 g/mol. The highest BCUT2D eigenvalue weighted by Gasteiger charge is 2.19. The first-order valence-electron chi connectivity index (χ1n) is 5.95. The predicted octanol–water partition coefficient (Wildman–Crippen LogP) is 3.50. The van der Waals surface area contributed by atoms with Crippen molar-refractivity contribution in [2.45, 2.75) is 26.2 Å². The predicted molar refractivity (Wildman–Crippen MR) is 75.5 cm³/mol. The SMILES string of the molecule is COc1cc(-c2cc(Cl)nc(C(C)(C)C)n2)ccn1. The first-order chi connectivity index (χ1) is 8.90. The molecule has 4 nitrogen and oxygen atoms in total. The van der Waals surface area contributed by atoms with Crippen LogP contribution in [0.25, 0.3) is 11.3 Å². The molecule has 0 radical (unpaired) electrons. The minimum atomic E-state index is -0.156. The molecule has 5 heteroatoms. The number of methoxy groups -OCH3 is 1. The van der Waals surface area contributed by atoms with E-state index in [1.165, 1.54) is 0 Å². The number of pyridine rings is 1. The zero-order valence-corrected chi connectivity index (χ0v) is 12.2. The molecule has 0 amide bonds. The van der Waals surface area contributed by atoms with E-state index in [0.717, 1.165) is 11.3 Å². The molecule has 0 aliphatic heterocycles. The van der Waals surface area contributed by atoms with Crippen LogP contribution in [0.1, 0.15) is 26.6 Å². The zero-order valence-electron chi connectivity index (χ0n) is 11.4. The van der Waals surface area contributed by atoms with Crippen molar-refractivity contribution in [2.24, 2.45) is 0 Å². The Hall–Kier alpha value is -1.68. The Morgan fingerprint density at radius 1 is 1.16 bits per heavy atom. The largest absolute Gasteiger partial charge is 0.481 e. The first-order valence-corrected chi connectivity index (χ1v) is 6.33. The summed E-state index contributed by atoms with van der Waals surface area (Å²) in [5.41, 5.74) is 1.52. The van der Waals surface area contributed by atoms with Crippen molar-refractivity contribution < 1.29 is 4.74 Å². The molecule has 0 aromatic carbocycles. The van der Waals surface area contributed by atoms with Crippen molar-refractivity contribution in [3.8, 4) is 17.1 Å². The fourth-order valence-electron chi connectivity index (χ4n) is 1.58. The Bertz CT molecular complexity index is 593. The Morgan fingerprint density at radius 3 is 2.53 bits per heavy atom. The van der Waals surface area contributed by atoms with Crippen molar-refractivity contribution >= 4 is 11.6 Å². The van der Waals surface area contributed by atoms with E-state index < -0.39 is 0 Å². The summed E-state index contributed by atoms with van der Waals surface area (Å²) in [7, 11) is 1.58. The van der Waals surface area contributed by atoms with E-state index in [2.05, 4.69) is 35.7 Å². The molecule has 0 fully saturated rings. The van der Waals surface area contributed by atoms with E-state index in [0.29, 0.717) is 16.9 Å². The highest BCUT2D eigenvalue weighted by atomic mass is 35.5. The Morgan fingerprint density at radius 2 is 1.89 bits per heavy atom. The van der Waals surface area contributed by atoms with Crippen molar-refractivity contribution in [3.05, 3.63) is 35.4 Å². The molecule has 0 unspecified atom stereocenters. The van der Waals surface area contributed by atoms with E-state index in [1.807, 2.05) is 12.1 Å². The molecule has 2 aromatic rings. The topological polar surface area (TPSA) is 47.9 Å². The van der Waals surface area contributed by atoms with Gasteiger partial charge in [0.25, 0.3) is 0 Å². The maximum Gasteiger partial charge on any atom is 0.213 e. The second kappa shape index (κ2) is 5.13. The lowest BCUT2D eigenvalue weighted by Crippen LogP contribution is -2.16. The highest BCUT2D eigenvalue weighted by molar-refractivity contribution is 6.29. The Kier molecular flexibility index (Phi) is 3.71. The molecule has 2 aromatic heterocycles. The van der Waals surface area contributed by atoms with Gasteiger partial charge < -0.3 is 4.74 Å². The van der Waals surface area contributed by atoms with Crippen LogP contribution in [0, 0.1) is 0 Å². The average Bonchev–Trinajstić information content (AvgIpc) is 2.37. The van der Waals surface area contributed by atoms with Gasteiger partial charge in [-0.05, 0) is 6.07 Å². The van der Waals surface area contributed by atoms with Crippen LogP contribution in [0.2, 0.25) is 5.15 Å². The van der Waals surface area contributed by atoms with Crippen LogP contribution in [-0.2, 0) is 5.41 Å². The van der Waals surface area contributed by atoms with E-state index in [4.69, 9.17) is 16.3 Å². The first kappa shape index (κ1) is 13.7. The fourth-order valence-corrected chi connectivity index (χ4v) is 1.76. The smallest absolute Gasteiger partial charge is 0.213 e. The second-order valence-electron chi connectivity index (χ2n) is 5.24. The summed E-state index contributed by atoms with van der Waals surface area (Å²) in [4.78, 5) is 12.9. The van der Waals surface area contributed by atoms with Gasteiger partial charge in [-0.25, -0.2) is 15.0 Å². The summed E-state index contributed by atoms with van der Waals surface area (Å²) in [5, 5.41) is 0.436. The van der Waals surface area contributed by atoms with Gasteiger partial charge in [0.2, 0.25) is 5.88 Å². The van der Waals surface area contributed by atoms with Gasteiger partial charge in [0, 0.05) is 29.3 Å². The van der Waals surface area contributed by atoms with Crippen LogP contribution in [0.5, 0.6) is 5.88 Å². The molecular formula is C14H16ClN3O. The molecule has 100 valence electrons. The number of hydrogen-bond donors (Lipinski definition) is 0. The molecule has 0 saturated carbocycles. The Balaban J connectivity index is 2.53. The average molecular weight is 278 g/mol. The van der Waals surface area contributed by atoms with Crippen LogP contribution in [0.3, 0.4) is 0 Å². The lowest BCUT2D eigenvalue weighted by Gasteiger charge is -2.17. The summed E-state index contributed by atoms with van der Waals surface area (Å²) >= 11 is 6.08. The van der Waals surface area contributed by atoms with Crippen molar-refractivity contribution in [2.75, 3.05) is 7.11 Å². The summed E-state index contributed by atoms with van der Waals surface area (Å²) in [6, 6.07) is 5.43. The summed E-state index contributed by atoms with van der Waals surface area (Å²) in [6.07, 6.45) is 1.68. The standard InChI is InChI=1S/C14H16ClN3O/c1-14(2,3)13-17-10(8-11(15)18-13)9-5-6-16-12(7-9)19-4/h5-8H,1-4H3. The van der Waals surface area contributed by atoms with Gasteiger partial charge in [-0.1, -0.05) is 32.4 Å². The van der Waals surface area contributed by atoms with Gasteiger partial charge in [0.05, 0.1) is 12.8 Å². The monoisotopic (exact) mass is 277 g/mol. The van der Waals surface area contributed by atoms with Crippen LogP contribution in [0.15, 0.2) is 24.4 Å². The second-order valence-corrected chi connectivity index (χ2v) is 5.62. The van der Waals surface area contributed by atoms with Crippen LogP contribution in [-0.4, -0.2) is 22.1 Å². The van der Waals surface area contributed by atoms with Crippen molar-refractivity contribution in [3.63, 3.8) is 0 Å². The van der Waals surface area contributed by atoms with Crippen LogP contribution in [0.4, 0.5) is 0 Å². The van der Waals surface area contributed by atoms with E-state index in [-0.39, 0.29) is 5.41 Å². The lowest BCUT2D eigenvalue weighted by atomic mass is 9.95. The molecule has 19 heavy (non-hydrogen) atoms. The third-order valence-corrected chi connectivity index (χ3v) is 2.80. The minimum absolute atomic E-state index is 0.156. The van der Waals surface area contributed by atoms with Gasteiger partial charge >= 0.3 is 0 Å². The molecule has 2 heterocycles. The maximum atomic E-state index is 6.08. The maximum absolute atomic E-state index is 6.08. The van der Waals surface area contributed by atoms with Gasteiger partial charge in [0.1, 0.15) is 11.0 Å². The fraction of sp³-hybridized carbons (Fsp3) is 0.357. The number of halogens is 1. The third kappa shape index (κ3) is 3.20. The molecule has 0 aliphatic carbocycles. The normalized spacial score (nSPS) is 11.4. The number of ether oxygens (including phenoxy) is 1. The molecule has 0 bridgehead atoms. The van der Waals surface area contributed by atoms with E-state index in [1.54, 1.807) is 19.4 Å². The number of rotatable bonds is 2. The summed E-state index contributed by atoms with van der Waals surface area (Å²) < 4.78 is 5.12. The molecule has 2 rings (SSSR count). The Labute approximate surface area is 117 Å². The summed E-state index contributed by atoms with van der Waals surface area (Å²) in [6.45, 7) is 6.15.